The van der Waals surface area contributed by atoms with Gasteiger partial charge in [0.2, 0.25) is 11.7 Å². The molecule has 0 radical (unpaired) electrons. The van der Waals surface area contributed by atoms with Crippen LogP contribution in [0.5, 0.6) is 0 Å². The van der Waals surface area contributed by atoms with Crippen LogP contribution in [0.3, 0.4) is 0 Å². The van der Waals surface area contributed by atoms with E-state index in [2.05, 4.69) is 10.1 Å². The van der Waals surface area contributed by atoms with Crippen LogP contribution >= 0.6 is 0 Å². The van der Waals surface area contributed by atoms with E-state index in [0.717, 1.165) is 12.8 Å². The first-order valence-electron chi connectivity index (χ1n) is 5.97. The van der Waals surface area contributed by atoms with Crippen LogP contribution in [0.1, 0.15) is 37.3 Å². The molecule has 1 aromatic heterocycles. The van der Waals surface area contributed by atoms with Crippen LogP contribution in [0, 0.1) is 12.7 Å². The number of hydrogen-bond donors (Lipinski definition) is 1. The molecule has 96 valence electrons. The van der Waals surface area contributed by atoms with Crippen molar-refractivity contribution in [2.75, 3.05) is 0 Å². The van der Waals surface area contributed by atoms with Crippen LogP contribution in [0.15, 0.2) is 22.7 Å². The maximum atomic E-state index is 13.4. The second kappa shape index (κ2) is 5.27. The number of nitrogens with two attached hydrogens (primary N) is 1. The number of nitrogens with zero attached hydrogens (tertiary/aromatic N) is 2. The van der Waals surface area contributed by atoms with Gasteiger partial charge in [0.25, 0.3) is 0 Å². The molecule has 0 aliphatic rings. The molecule has 0 saturated carbocycles. The number of rotatable bonds is 4. The van der Waals surface area contributed by atoms with Crippen molar-refractivity contribution in [3.63, 3.8) is 0 Å². The fourth-order valence-electron chi connectivity index (χ4n) is 1.67. The highest BCUT2D eigenvalue weighted by molar-refractivity contribution is 5.54. The molecule has 4 nitrogen and oxygen atoms in total. The van der Waals surface area contributed by atoms with Gasteiger partial charge in [-0.05, 0) is 25.0 Å². The van der Waals surface area contributed by atoms with E-state index in [-0.39, 0.29) is 11.9 Å². The van der Waals surface area contributed by atoms with E-state index in [1.165, 1.54) is 6.07 Å². The first kappa shape index (κ1) is 12.7. The molecule has 5 heteroatoms. The zero-order valence-corrected chi connectivity index (χ0v) is 10.5. The van der Waals surface area contributed by atoms with E-state index in [9.17, 15) is 4.39 Å². The SMILES string of the molecule is CCC[C@H](N)c1nc(-c2ccc(C)c(F)c2)no1. The summed E-state index contributed by atoms with van der Waals surface area (Å²) in [5.41, 5.74) is 7.06. The highest BCUT2D eigenvalue weighted by Crippen LogP contribution is 2.21. The summed E-state index contributed by atoms with van der Waals surface area (Å²) in [6.07, 6.45) is 1.72. The quantitative estimate of drug-likeness (QED) is 0.904. The molecule has 2 rings (SSSR count). The minimum atomic E-state index is -0.281. The van der Waals surface area contributed by atoms with Crippen LogP contribution in [-0.4, -0.2) is 10.1 Å². The molecule has 0 amide bonds. The average molecular weight is 249 g/mol. The number of hydrogen-bond acceptors (Lipinski definition) is 4. The molecule has 0 unspecified atom stereocenters. The molecule has 2 N–H and O–H groups in total. The van der Waals surface area contributed by atoms with E-state index in [1.54, 1.807) is 19.1 Å². The van der Waals surface area contributed by atoms with Gasteiger partial charge in [-0.2, -0.15) is 4.98 Å². The van der Waals surface area contributed by atoms with Gasteiger partial charge in [0.1, 0.15) is 5.82 Å². The van der Waals surface area contributed by atoms with Gasteiger partial charge >= 0.3 is 0 Å². The van der Waals surface area contributed by atoms with Gasteiger partial charge in [-0.3, -0.25) is 0 Å². The summed E-state index contributed by atoms with van der Waals surface area (Å²) in [7, 11) is 0. The lowest BCUT2D eigenvalue weighted by Gasteiger charge is -2.02. The van der Waals surface area contributed by atoms with Gasteiger partial charge in [0, 0.05) is 5.56 Å². The maximum absolute atomic E-state index is 13.4. The molecule has 0 fully saturated rings. The molecule has 18 heavy (non-hydrogen) atoms. The van der Waals surface area contributed by atoms with Crippen molar-refractivity contribution in [2.45, 2.75) is 32.7 Å². The Balaban J connectivity index is 2.26. The first-order valence-corrected chi connectivity index (χ1v) is 5.97. The molecule has 2 aromatic rings. The zero-order valence-electron chi connectivity index (χ0n) is 10.5. The lowest BCUT2D eigenvalue weighted by atomic mass is 10.1. The molecule has 1 aromatic carbocycles. The molecule has 1 heterocycles. The van der Waals surface area contributed by atoms with Crippen molar-refractivity contribution in [1.82, 2.24) is 10.1 Å². The van der Waals surface area contributed by atoms with E-state index < -0.39 is 0 Å². The van der Waals surface area contributed by atoms with Gasteiger partial charge < -0.3 is 10.3 Å². The smallest absolute Gasteiger partial charge is 0.243 e. The van der Waals surface area contributed by atoms with Crippen LogP contribution in [0.4, 0.5) is 4.39 Å². The highest BCUT2D eigenvalue weighted by Gasteiger charge is 2.15. The number of halogens is 1. The standard InChI is InChI=1S/C13H16FN3O/c1-3-4-11(15)13-16-12(17-18-13)9-6-5-8(2)10(14)7-9/h5-7,11H,3-4,15H2,1-2H3/t11-/m0/s1. The highest BCUT2D eigenvalue weighted by atomic mass is 19.1. The van der Waals surface area contributed by atoms with Crippen molar-refractivity contribution in [2.24, 2.45) is 5.73 Å². The van der Waals surface area contributed by atoms with Gasteiger partial charge in [-0.15, -0.1) is 0 Å². The van der Waals surface area contributed by atoms with Gasteiger partial charge in [-0.25, -0.2) is 4.39 Å². The fourth-order valence-corrected chi connectivity index (χ4v) is 1.67. The van der Waals surface area contributed by atoms with Crippen LogP contribution in [-0.2, 0) is 0 Å². The molecule has 0 aliphatic carbocycles. The third-order valence-corrected chi connectivity index (χ3v) is 2.79. The number of benzene rings is 1. The second-order valence-corrected chi connectivity index (χ2v) is 4.32. The number of aromatic nitrogens is 2. The predicted molar refractivity (Wildman–Crippen MR) is 66.3 cm³/mol. The number of aryl methyl sites for hydroxylation is 1. The summed E-state index contributed by atoms with van der Waals surface area (Å²) in [5.74, 6) is 0.486. The first-order chi connectivity index (χ1) is 8.61. The monoisotopic (exact) mass is 249 g/mol. The predicted octanol–water partition coefficient (Wildman–Crippen LogP) is 2.98. The Morgan fingerprint density at radius 3 is 2.89 bits per heavy atom. The summed E-state index contributed by atoms with van der Waals surface area (Å²) in [6, 6.07) is 4.59. The molecule has 0 aliphatic heterocycles. The third-order valence-electron chi connectivity index (χ3n) is 2.79. The Kier molecular flexibility index (Phi) is 3.72. The van der Waals surface area contributed by atoms with Crippen molar-refractivity contribution >= 4 is 0 Å². The molecule has 0 saturated heterocycles. The van der Waals surface area contributed by atoms with E-state index >= 15 is 0 Å². The molecular weight excluding hydrogens is 233 g/mol. The lowest BCUT2D eigenvalue weighted by Crippen LogP contribution is -2.09. The third kappa shape index (κ3) is 2.56. The Bertz CT molecular complexity index is 539. The zero-order chi connectivity index (χ0) is 13.1. The van der Waals surface area contributed by atoms with E-state index in [0.29, 0.717) is 22.8 Å². The van der Waals surface area contributed by atoms with Crippen LogP contribution in [0.25, 0.3) is 11.4 Å². The van der Waals surface area contributed by atoms with Gasteiger partial charge in [0.05, 0.1) is 6.04 Å². The minimum absolute atomic E-state index is 0.258. The maximum Gasteiger partial charge on any atom is 0.243 e. The minimum Gasteiger partial charge on any atom is -0.337 e. The Labute approximate surface area is 105 Å². The lowest BCUT2D eigenvalue weighted by molar-refractivity contribution is 0.348. The average Bonchev–Trinajstić information content (AvgIpc) is 2.82. The topological polar surface area (TPSA) is 64.9 Å². The summed E-state index contributed by atoms with van der Waals surface area (Å²) < 4.78 is 18.5. The summed E-state index contributed by atoms with van der Waals surface area (Å²) in [6.45, 7) is 3.74. The Hall–Kier alpha value is -1.75. The largest absolute Gasteiger partial charge is 0.337 e. The Morgan fingerprint density at radius 2 is 2.22 bits per heavy atom. The van der Waals surface area contributed by atoms with Crippen molar-refractivity contribution in [1.29, 1.82) is 0 Å². The second-order valence-electron chi connectivity index (χ2n) is 4.32. The van der Waals surface area contributed by atoms with Crippen LogP contribution in [0.2, 0.25) is 0 Å². The van der Waals surface area contributed by atoms with Crippen LogP contribution < -0.4 is 5.73 Å². The van der Waals surface area contributed by atoms with Gasteiger partial charge in [-0.1, -0.05) is 30.6 Å². The fraction of sp³-hybridized carbons (Fsp3) is 0.385. The molecular formula is C13H16FN3O. The summed E-state index contributed by atoms with van der Waals surface area (Å²) >= 11 is 0. The van der Waals surface area contributed by atoms with Crippen molar-refractivity contribution in [3.05, 3.63) is 35.5 Å². The van der Waals surface area contributed by atoms with Crippen molar-refractivity contribution in [3.8, 4) is 11.4 Å². The summed E-state index contributed by atoms with van der Waals surface area (Å²) in [5, 5.41) is 3.83. The van der Waals surface area contributed by atoms with Crippen molar-refractivity contribution < 1.29 is 8.91 Å². The Morgan fingerprint density at radius 1 is 1.44 bits per heavy atom. The molecule has 1 atom stereocenters. The van der Waals surface area contributed by atoms with Gasteiger partial charge in [0.15, 0.2) is 0 Å². The van der Waals surface area contributed by atoms with E-state index in [1.807, 2.05) is 6.92 Å². The molecule has 0 spiro atoms. The molecule has 0 bridgehead atoms. The summed E-state index contributed by atoms with van der Waals surface area (Å²) in [4.78, 5) is 4.20. The van der Waals surface area contributed by atoms with E-state index in [4.69, 9.17) is 10.3 Å². The normalized spacial score (nSPS) is 12.7.